The number of nitrogens with one attached hydrogen (secondary N) is 1. The van der Waals surface area contributed by atoms with Gasteiger partial charge in [0.05, 0.1) is 5.69 Å². The van der Waals surface area contributed by atoms with E-state index in [0.717, 1.165) is 30.6 Å². The van der Waals surface area contributed by atoms with Crippen LogP contribution in [0.3, 0.4) is 0 Å². The van der Waals surface area contributed by atoms with Crippen LogP contribution in [0.15, 0.2) is 42.6 Å². The Hall–Kier alpha value is -1.74. The summed E-state index contributed by atoms with van der Waals surface area (Å²) in [5, 5.41) is 3.51. The molecule has 1 aromatic carbocycles. The van der Waals surface area contributed by atoms with Crippen molar-refractivity contribution in [3.8, 4) is 0 Å². The lowest BCUT2D eigenvalue weighted by Gasteiger charge is -2.36. The second-order valence-electron chi connectivity index (χ2n) is 5.53. The van der Waals surface area contributed by atoms with Gasteiger partial charge in [-0.15, -0.1) is 0 Å². The van der Waals surface area contributed by atoms with Gasteiger partial charge in [-0.05, 0) is 48.9 Å². The smallest absolute Gasteiger partial charge is 0.126 e. The summed E-state index contributed by atoms with van der Waals surface area (Å²) in [6.07, 6.45) is 3.84. The van der Waals surface area contributed by atoms with E-state index in [1.54, 1.807) is 12.1 Å². The zero-order valence-electron chi connectivity index (χ0n) is 11.6. The van der Waals surface area contributed by atoms with Crippen molar-refractivity contribution < 1.29 is 4.39 Å². The molecule has 1 saturated carbocycles. The number of benzene rings is 1. The van der Waals surface area contributed by atoms with Crippen molar-refractivity contribution in [1.29, 1.82) is 0 Å². The molecule has 0 bridgehead atoms. The van der Waals surface area contributed by atoms with Gasteiger partial charge in [-0.1, -0.05) is 24.3 Å². The first-order valence-corrected chi connectivity index (χ1v) is 7.12. The van der Waals surface area contributed by atoms with E-state index >= 15 is 0 Å². The van der Waals surface area contributed by atoms with Crippen LogP contribution in [0.4, 0.5) is 4.39 Å². The Bertz CT molecular complexity index is 588. The van der Waals surface area contributed by atoms with Crippen LogP contribution in [0.2, 0.25) is 0 Å². The van der Waals surface area contributed by atoms with Crippen LogP contribution in [0.1, 0.15) is 35.6 Å². The SMILES string of the molecule is Cc1cccnc1CNC1CC(c2ccccc2F)C1. The minimum atomic E-state index is -0.0727. The van der Waals surface area contributed by atoms with Crippen molar-refractivity contribution >= 4 is 0 Å². The molecule has 0 unspecified atom stereocenters. The zero-order valence-corrected chi connectivity index (χ0v) is 11.6. The molecule has 1 aromatic heterocycles. The summed E-state index contributed by atoms with van der Waals surface area (Å²) in [6.45, 7) is 2.87. The molecule has 2 aromatic rings. The maximum atomic E-state index is 13.7. The van der Waals surface area contributed by atoms with Gasteiger partial charge in [0.1, 0.15) is 5.82 Å². The number of pyridine rings is 1. The summed E-state index contributed by atoms with van der Waals surface area (Å²) in [6, 6.07) is 11.6. The second kappa shape index (κ2) is 5.71. The number of aryl methyl sites for hydroxylation is 1. The summed E-state index contributed by atoms with van der Waals surface area (Å²) in [7, 11) is 0. The molecule has 1 aliphatic rings. The third kappa shape index (κ3) is 2.73. The lowest BCUT2D eigenvalue weighted by molar-refractivity contribution is 0.283. The highest BCUT2D eigenvalue weighted by atomic mass is 19.1. The van der Waals surface area contributed by atoms with E-state index in [2.05, 4.69) is 23.3 Å². The maximum Gasteiger partial charge on any atom is 0.126 e. The van der Waals surface area contributed by atoms with Crippen LogP contribution in [0.5, 0.6) is 0 Å². The third-order valence-corrected chi connectivity index (χ3v) is 4.16. The third-order valence-electron chi connectivity index (χ3n) is 4.16. The molecule has 20 heavy (non-hydrogen) atoms. The van der Waals surface area contributed by atoms with Gasteiger partial charge in [-0.2, -0.15) is 0 Å². The fourth-order valence-electron chi connectivity index (χ4n) is 2.79. The Labute approximate surface area is 119 Å². The lowest BCUT2D eigenvalue weighted by atomic mass is 9.75. The summed E-state index contributed by atoms with van der Waals surface area (Å²) in [5.74, 6) is 0.287. The molecule has 3 rings (SSSR count). The highest BCUT2D eigenvalue weighted by Crippen LogP contribution is 2.38. The number of aromatic nitrogens is 1. The molecule has 1 aliphatic carbocycles. The number of rotatable bonds is 4. The molecule has 0 amide bonds. The zero-order chi connectivity index (χ0) is 13.9. The van der Waals surface area contributed by atoms with Crippen molar-refractivity contribution in [3.63, 3.8) is 0 Å². The van der Waals surface area contributed by atoms with Crippen LogP contribution in [0, 0.1) is 12.7 Å². The van der Waals surface area contributed by atoms with Crippen molar-refractivity contribution in [3.05, 3.63) is 65.2 Å². The number of halogens is 1. The quantitative estimate of drug-likeness (QED) is 0.918. The predicted molar refractivity (Wildman–Crippen MR) is 78.0 cm³/mol. The molecule has 1 N–H and O–H groups in total. The predicted octanol–water partition coefficient (Wildman–Crippen LogP) is 3.56. The molecule has 0 saturated heterocycles. The molecular weight excluding hydrogens is 251 g/mol. The van der Waals surface area contributed by atoms with Gasteiger partial charge in [0, 0.05) is 18.8 Å². The fraction of sp³-hybridized carbons (Fsp3) is 0.353. The average Bonchev–Trinajstić information content (AvgIpc) is 2.41. The molecule has 0 radical (unpaired) electrons. The first-order valence-electron chi connectivity index (χ1n) is 7.12. The number of hydrogen-bond acceptors (Lipinski definition) is 2. The standard InChI is InChI=1S/C17H19FN2/c1-12-5-4-8-19-17(12)11-20-14-9-13(10-14)15-6-2-3-7-16(15)18/h2-8,13-14,20H,9-11H2,1H3. The molecule has 2 nitrogen and oxygen atoms in total. The van der Waals surface area contributed by atoms with E-state index in [1.807, 2.05) is 24.4 Å². The lowest BCUT2D eigenvalue weighted by Crippen LogP contribution is -2.40. The molecule has 0 spiro atoms. The summed E-state index contributed by atoms with van der Waals surface area (Å²) in [5.41, 5.74) is 3.17. The van der Waals surface area contributed by atoms with E-state index < -0.39 is 0 Å². The van der Waals surface area contributed by atoms with Crippen molar-refractivity contribution in [2.75, 3.05) is 0 Å². The van der Waals surface area contributed by atoms with Crippen molar-refractivity contribution in [2.45, 2.75) is 38.3 Å². The Morgan fingerprint density at radius 2 is 2.00 bits per heavy atom. The molecule has 104 valence electrons. The van der Waals surface area contributed by atoms with Gasteiger partial charge < -0.3 is 5.32 Å². The first kappa shape index (κ1) is 13.3. The Balaban J connectivity index is 1.52. The monoisotopic (exact) mass is 270 g/mol. The Morgan fingerprint density at radius 3 is 2.75 bits per heavy atom. The molecule has 3 heteroatoms. The molecule has 1 fully saturated rings. The van der Waals surface area contributed by atoms with Crippen LogP contribution < -0.4 is 5.32 Å². The summed E-state index contributed by atoms with van der Waals surface area (Å²) >= 11 is 0. The fourth-order valence-corrected chi connectivity index (χ4v) is 2.79. The average molecular weight is 270 g/mol. The van der Waals surface area contributed by atoms with E-state index in [9.17, 15) is 4.39 Å². The number of nitrogens with zero attached hydrogens (tertiary/aromatic N) is 1. The van der Waals surface area contributed by atoms with Crippen molar-refractivity contribution in [2.24, 2.45) is 0 Å². The first-order chi connectivity index (χ1) is 9.74. The van der Waals surface area contributed by atoms with Gasteiger partial charge in [0.15, 0.2) is 0 Å². The maximum absolute atomic E-state index is 13.7. The van der Waals surface area contributed by atoms with Crippen LogP contribution in [-0.2, 0) is 6.54 Å². The topological polar surface area (TPSA) is 24.9 Å². The second-order valence-corrected chi connectivity index (χ2v) is 5.53. The molecule has 0 aliphatic heterocycles. The highest BCUT2D eigenvalue weighted by molar-refractivity contribution is 5.25. The van der Waals surface area contributed by atoms with Crippen LogP contribution >= 0.6 is 0 Å². The van der Waals surface area contributed by atoms with Crippen LogP contribution in [-0.4, -0.2) is 11.0 Å². The molecular formula is C17H19FN2. The van der Waals surface area contributed by atoms with Gasteiger partial charge in [0.2, 0.25) is 0 Å². The Kier molecular flexibility index (Phi) is 3.79. The Morgan fingerprint density at radius 1 is 1.20 bits per heavy atom. The van der Waals surface area contributed by atoms with E-state index in [0.29, 0.717) is 12.0 Å². The van der Waals surface area contributed by atoms with Crippen molar-refractivity contribution in [1.82, 2.24) is 10.3 Å². The minimum Gasteiger partial charge on any atom is -0.308 e. The van der Waals surface area contributed by atoms with E-state index in [1.165, 1.54) is 5.56 Å². The number of hydrogen-bond donors (Lipinski definition) is 1. The summed E-state index contributed by atoms with van der Waals surface area (Å²) < 4.78 is 13.7. The largest absolute Gasteiger partial charge is 0.308 e. The van der Waals surface area contributed by atoms with Gasteiger partial charge in [0.25, 0.3) is 0 Å². The highest BCUT2D eigenvalue weighted by Gasteiger charge is 2.31. The normalized spacial score (nSPS) is 21.5. The van der Waals surface area contributed by atoms with E-state index in [-0.39, 0.29) is 5.82 Å². The van der Waals surface area contributed by atoms with Crippen LogP contribution in [0.25, 0.3) is 0 Å². The summed E-state index contributed by atoms with van der Waals surface area (Å²) in [4.78, 5) is 4.38. The molecule has 1 heterocycles. The minimum absolute atomic E-state index is 0.0727. The van der Waals surface area contributed by atoms with Gasteiger partial charge in [-0.25, -0.2) is 4.39 Å². The molecule has 0 atom stereocenters. The van der Waals surface area contributed by atoms with E-state index in [4.69, 9.17) is 0 Å². The van der Waals surface area contributed by atoms with Gasteiger partial charge in [-0.3, -0.25) is 4.98 Å². The van der Waals surface area contributed by atoms with Gasteiger partial charge >= 0.3 is 0 Å².